The zero-order valence-electron chi connectivity index (χ0n) is 12.7. The van der Waals surface area contributed by atoms with Crippen molar-refractivity contribution in [2.45, 2.75) is 32.9 Å². The van der Waals surface area contributed by atoms with Crippen molar-refractivity contribution in [1.29, 1.82) is 0 Å². The molecule has 0 aliphatic rings. The van der Waals surface area contributed by atoms with Gasteiger partial charge in [0.05, 0.1) is 15.9 Å². The maximum absolute atomic E-state index is 12.3. The topological polar surface area (TPSA) is 46.9 Å². The van der Waals surface area contributed by atoms with Crippen molar-refractivity contribution < 1.29 is 4.79 Å². The van der Waals surface area contributed by atoms with Gasteiger partial charge in [-0.2, -0.15) is 0 Å². The first kappa shape index (κ1) is 14.8. The number of nitrogens with zero attached hydrogens (tertiary/aromatic N) is 2. The van der Waals surface area contributed by atoms with Gasteiger partial charge in [-0.05, 0) is 36.9 Å². The first-order chi connectivity index (χ1) is 10.7. The van der Waals surface area contributed by atoms with E-state index in [1.807, 2.05) is 53.3 Å². The fourth-order valence-corrected chi connectivity index (χ4v) is 3.12. The number of rotatable bonds is 5. The highest BCUT2D eigenvalue weighted by atomic mass is 32.1. The van der Waals surface area contributed by atoms with Gasteiger partial charge in [0.2, 0.25) is 5.91 Å². The first-order valence-corrected chi connectivity index (χ1v) is 8.35. The van der Waals surface area contributed by atoms with E-state index in [0.29, 0.717) is 0 Å². The summed E-state index contributed by atoms with van der Waals surface area (Å²) in [6, 6.07) is 12.2. The van der Waals surface area contributed by atoms with Crippen LogP contribution in [0, 0.1) is 0 Å². The second-order valence-electron chi connectivity index (χ2n) is 5.36. The monoisotopic (exact) mass is 313 g/mol. The molecule has 0 fully saturated rings. The maximum atomic E-state index is 12.3. The SMILES string of the molecule is CCC(C)NC(=O)Cn1c(-c2cccs2)nc2ccccc21. The van der Waals surface area contributed by atoms with Gasteiger partial charge in [-0.1, -0.05) is 25.1 Å². The molecular formula is C17H19N3OS. The third-order valence-electron chi connectivity index (χ3n) is 3.72. The molecule has 1 unspecified atom stereocenters. The number of amides is 1. The molecule has 0 radical (unpaired) electrons. The lowest BCUT2D eigenvalue weighted by atomic mass is 10.2. The summed E-state index contributed by atoms with van der Waals surface area (Å²) in [4.78, 5) is 18.1. The summed E-state index contributed by atoms with van der Waals surface area (Å²) in [5, 5.41) is 5.05. The first-order valence-electron chi connectivity index (χ1n) is 7.47. The van der Waals surface area contributed by atoms with Gasteiger partial charge in [0.15, 0.2) is 5.82 Å². The second kappa shape index (κ2) is 6.32. The number of nitrogens with one attached hydrogen (secondary N) is 1. The molecule has 2 heterocycles. The third kappa shape index (κ3) is 2.90. The van der Waals surface area contributed by atoms with Crippen molar-refractivity contribution in [3.8, 4) is 10.7 Å². The molecule has 114 valence electrons. The molecule has 2 aromatic heterocycles. The van der Waals surface area contributed by atoms with Crippen LogP contribution >= 0.6 is 11.3 Å². The molecule has 3 aromatic rings. The molecule has 1 amide bonds. The average Bonchev–Trinajstić information content (AvgIpc) is 3.15. The highest BCUT2D eigenvalue weighted by molar-refractivity contribution is 7.13. The Morgan fingerprint density at radius 1 is 1.32 bits per heavy atom. The molecule has 0 spiro atoms. The van der Waals surface area contributed by atoms with Gasteiger partial charge in [0.25, 0.3) is 0 Å². The fourth-order valence-electron chi connectivity index (χ4n) is 2.40. The highest BCUT2D eigenvalue weighted by Gasteiger charge is 2.16. The average molecular weight is 313 g/mol. The number of thiophene rings is 1. The normalized spacial score (nSPS) is 12.5. The van der Waals surface area contributed by atoms with E-state index in [9.17, 15) is 4.79 Å². The van der Waals surface area contributed by atoms with E-state index in [0.717, 1.165) is 28.2 Å². The van der Waals surface area contributed by atoms with Crippen LogP contribution in [0.4, 0.5) is 0 Å². The summed E-state index contributed by atoms with van der Waals surface area (Å²) >= 11 is 1.64. The van der Waals surface area contributed by atoms with Crippen molar-refractivity contribution >= 4 is 28.3 Å². The van der Waals surface area contributed by atoms with Crippen LogP contribution in [0.3, 0.4) is 0 Å². The Balaban J connectivity index is 1.99. The summed E-state index contributed by atoms with van der Waals surface area (Å²) < 4.78 is 2.00. The Kier molecular flexibility index (Phi) is 4.24. The van der Waals surface area contributed by atoms with Gasteiger partial charge in [0, 0.05) is 6.04 Å². The third-order valence-corrected chi connectivity index (χ3v) is 4.58. The van der Waals surface area contributed by atoms with E-state index in [1.165, 1.54) is 0 Å². The van der Waals surface area contributed by atoms with Crippen molar-refractivity contribution in [3.63, 3.8) is 0 Å². The molecule has 0 saturated carbocycles. The van der Waals surface area contributed by atoms with Crippen LogP contribution in [0.2, 0.25) is 0 Å². The summed E-state index contributed by atoms with van der Waals surface area (Å²) in [7, 11) is 0. The molecule has 1 atom stereocenters. The number of carbonyl (C=O) groups is 1. The number of benzene rings is 1. The predicted octanol–water partition coefficient (Wildman–Crippen LogP) is 3.68. The number of carbonyl (C=O) groups excluding carboxylic acids is 1. The summed E-state index contributed by atoms with van der Waals surface area (Å²) in [5.74, 6) is 0.880. The minimum Gasteiger partial charge on any atom is -0.352 e. The maximum Gasteiger partial charge on any atom is 0.240 e. The highest BCUT2D eigenvalue weighted by Crippen LogP contribution is 2.28. The Morgan fingerprint density at radius 2 is 2.14 bits per heavy atom. The van der Waals surface area contributed by atoms with E-state index in [4.69, 9.17) is 4.98 Å². The molecule has 0 saturated heterocycles. The summed E-state index contributed by atoms with van der Waals surface area (Å²) in [5.41, 5.74) is 1.91. The zero-order valence-corrected chi connectivity index (χ0v) is 13.6. The standard InChI is InChI=1S/C17H19N3OS/c1-3-12(2)18-16(21)11-20-14-8-5-4-7-13(14)19-17(20)15-9-6-10-22-15/h4-10,12H,3,11H2,1-2H3,(H,18,21). The number of para-hydroxylation sites is 2. The number of aromatic nitrogens is 2. The minimum absolute atomic E-state index is 0.0234. The van der Waals surface area contributed by atoms with Crippen molar-refractivity contribution in [2.75, 3.05) is 0 Å². The Labute approximate surface area is 133 Å². The summed E-state index contributed by atoms with van der Waals surface area (Å²) in [6.45, 7) is 4.37. The lowest BCUT2D eigenvalue weighted by Gasteiger charge is -2.13. The Bertz CT molecular complexity index is 776. The number of imidazole rings is 1. The lowest BCUT2D eigenvalue weighted by molar-refractivity contribution is -0.122. The van der Waals surface area contributed by atoms with Crippen LogP contribution in [0.15, 0.2) is 41.8 Å². The van der Waals surface area contributed by atoms with E-state index >= 15 is 0 Å². The molecule has 5 heteroatoms. The van der Waals surface area contributed by atoms with Crippen LogP contribution < -0.4 is 5.32 Å². The van der Waals surface area contributed by atoms with Gasteiger partial charge in [-0.15, -0.1) is 11.3 Å². The zero-order chi connectivity index (χ0) is 15.5. The molecule has 4 nitrogen and oxygen atoms in total. The molecule has 22 heavy (non-hydrogen) atoms. The van der Waals surface area contributed by atoms with Crippen LogP contribution in [0.1, 0.15) is 20.3 Å². The lowest BCUT2D eigenvalue weighted by Crippen LogP contribution is -2.34. The Hall–Kier alpha value is -2.14. The van der Waals surface area contributed by atoms with Crippen molar-refractivity contribution in [2.24, 2.45) is 0 Å². The van der Waals surface area contributed by atoms with Crippen LogP contribution in [0.25, 0.3) is 21.7 Å². The van der Waals surface area contributed by atoms with E-state index in [1.54, 1.807) is 11.3 Å². The van der Waals surface area contributed by atoms with Gasteiger partial charge in [0.1, 0.15) is 6.54 Å². The van der Waals surface area contributed by atoms with Crippen molar-refractivity contribution in [3.05, 3.63) is 41.8 Å². The van der Waals surface area contributed by atoms with Crippen LogP contribution in [-0.4, -0.2) is 21.5 Å². The van der Waals surface area contributed by atoms with Crippen molar-refractivity contribution in [1.82, 2.24) is 14.9 Å². The molecule has 1 N–H and O–H groups in total. The van der Waals surface area contributed by atoms with Gasteiger partial charge in [-0.25, -0.2) is 4.98 Å². The van der Waals surface area contributed by atoms with Crippen LogP contribution in [-0.2, 0) is 11.3 Å². The Morgan fingerprint density at radius 3 is 2.86 bits per heavy atom. The van der Waals surface area contributed by atoms with E-state index in [2.05, 4.69) is 12.2 Å². The van der Waals surface area contributed by atoms with Gasteiger partial charge < -0.3 is 9.88 Å². The largest absolute Gasteiger partial charge is 0.352 e. The molecule has 0 aliphatic heterocycles. The molecule has 0 bridgehead atoms. The van der Waals surface area contributed by atoms with Crippen LogP contribution in [0.5, 0.6) is 0 Å². The molecule has 1 aromatic carbocycles. The molecule has 0 aliphatic carbocycles. The second-order valence-corrected chi connectivity index (χ2v) is 6.31. The molecular weight excluding hydrogens is 294 g/mol. The predicted molar refractivity (Wildman–Crippen MR) is 90.9 cm³/mol. The van der Waals surface area contributed by atoms with Gasteiger partial charge in [-0.3, -0.25) is 4.79 Å². The number of hydrogen-bond acceptors (Lipinski definition) is 3. The summed E-state index contributed by atoms with van der Waals surface area (Å²) in [6.07, 6.45) is 0.925. The quantitative estimate of drug-likeness (QED) is 0.781. The number of hydrogen-bond donors (Lipinski definition) is 1. The fraction of sp³-hybridized carbons (Fsp3) is 0.294. The van der Waals surface area contributed by atoms with Gasteiger partial charge >= 0.3 is 0 Å². The van der Waals surface area contributed by atoms with E-state index < -0.39 is 0 Å². The smallest absolute Gasteiger partial charge is 0.240 e. The minimum atomic E-state index is 0.0234. The number of fused-ring (bicyclic) bond motifs is 1. The molecule has 3 rings (SSSR count). The van der Waals surface area contributed by atoms with E-state index in [-0.39, 0.29) is 18.5 Å².